The molecule has 0 aliphatic heterocycles. The summed E-state index contributed by atoms with van der Waals surface area (Å²) in [7, 11) is 3.66. The molecular formula is C12H13BrFNO. The van der Waals surface area contributed by atoms with Gasteiger partial charge >= 0.3 is 0 Å². The Balaban J connectivity index is 3.02. The summed E-state index contributed by atoms with van der Waals surface area (Å²) in [5.41, 5.74) is 0.872. The number of carbonyl (C=O) groups excluding carboxylic acids is 1. The van der Waals surface area contributed by atoms with Crippen molar-refractivity contribution in [2.24, 2.45) is 0 Å². The topological polar surface area (TPSA) is 20.3 Å². The smallest absolute Gasteiger partial charge is 0.190 e. The molecule has 0 saturated carbocycles. The molecule has 0 bridgehead atoms. The first-order valence-electron chi connectivity index (χ1n) is 4.77. The Morgan fingerprint density at radius 1 is 1.44 bits per heavy atom. The molecule has 0 radical (unpaired) electrons. The molecule has 0 atom stereocenters. The number of rotatable bonds is 3. The molecule has 0 aliphatic carbocycles. The molecule has 1 rings (SSSR count). The van der Waals surface area contributed by atoms with Crippen molar-refractivity contribution >= 4 is 21.7 Å². The van der Waals surface area contributed by atoms with Crippen LogP contribution in [0.3, 0.4) is 0 Å². The van der Waals surface area contributed by atoms with E-state index in [0.717, 1.165) is 5.70 Å². The third-order valence-electron chi connectivity index (χ3n) is 2.24. The van der Waals surface area contributed by atoms with E-state index in [9.17, 15) is 9.18 Å². The van der Waals surface area contributed by atoms with Gasteiger partial charge in [-0.25, -0.2) is 4.39 Å². The molecule has 0 aliphatic rings. The van der Waals surface area contributed by atoms with Gasteiger partial charge < -0.3 is 4.90 Å². The second-order valence-electron chi connectivity index (χ2n) is 3.67. The van der Waals surface area contributed by atoms with Gasteiger partial charge in [-0.1, -0.05) is 15.9 Å². The van der Waals surface area contributed by atoms with Gasteiger partial charge in [0.1, 0.15) is 5.82 Å². The van der Waals surface area contributed by atoms with E-state index in [0.29, 0.717) is 4.47 Å². The fraction of sp³-hybridized carbons (Fsp3) is 0.250. The van der Waals surface area contributed by atoms with E-state index in [2.05, 4.69) is 15.9 Å². The molecule has 0 fully saturated rings. The summed E-state index contributed by atoms with van der Waals surface area (Å²) in [6, 6.07) is 4.41. The highest BCUT2D eigenvalue weighted by Gasteiger charge is 2.10. The summed E-state index contributed by atoms with van der Waals surface area (Å²) in [5.74, 6) is -0.835. The van der Waals surface area contributed by atoms with Gasteiger partial charge in [0.25, 0.3) is 0 Å². The van der Waals surface area contributed by atoms with Gasteiger partial charge in [-0.2, -0.15) is 0 Å². The van der Waals surface area contributed by atoms with Gasteiger partial charge in [-0.3, -0.25) is 4.79 Å². The van der Waals surface area contributed by atoms with Crippen LogP contribution in [0.15, 0.2) is 34.4 Å². The van der Waals surface area contributed by atoms with Gasteiger partial charge in [0.15, 0.2) is 5.78 Å². The van der Waals surface area contributed by atoms with Crippen molar-refractivity contribution in [3.8, 4) is 0 Å². The van der Waals surface area contributed by atoms with Crippen LogP contribution in [0, 0.1) is 5.82 Å². The summed E-state index contributed by atoms with van der Waals surface area (Å²) in [6.45, 7) is 1.80. The molecule has 1 aromatic rings. The van der Waals surface area contributed by atoms with Crippen molar-refractivity contribution in [3.63, 3.8) is 0 Å². The molecule has 16 heavy (non-hydrogen) atoms. The summed E-state index contributed by atoms with van der Waals surface area (Å²) >= 11 is 3.14. The minimum atomic E-state index is -0.512. The second kappa shape index (κ2) is 5.25. The molecule has 0 saturated heterocycles. The van der Waals surface area contributed by atoms with Crippen molar-refractivity contribution in [2.75, 3.05) is 14.1 Å². The molecule has 86 valence electrons. The van der Waals surface area contributed by atoms with Crippen molar-refractivity contribution in [1.82, 2.24) is 4.90 Å². The fourth-order valence-electron chi connectivity index (χ4n) is 1.09. The van der Waals surface area contributed by atoms with E-state index >= 15 is 0 Å². The van der Waals surface area contributed by atoms with E-state index in [1.54, 1.807) is 17.9 Å². The Kier molecular flexibility index (Phi) is 4.24. The maximum Gasteiger partial charge on any atom is 0.190 e. The molecule has 2 nitrogen and oxygen atoms in total. The van der Waals surface area contributed by atoms with E-state index in [4.69, 9.17) is 0 Å². The molecule has 0 spiro atoms. The number of carbonyl (C=O) groups is 1. The fourth-order valence-corrected chi connectivity index (χ4v) is 1.42. The minimum Gasteiger partial charge on any atom is -0.381 e. The lowest BCUT2D eigenvalue weighted by molar-refractivity contribution is 0.104. The number of ketones is 1. The predicted molar refractivity (Wildman–Crippen MR) is 65.9 cm³/mol. The monoisotopic (exact) mass is 285 g/mol. The lowest BCUT2D eigenvalue weighted by atomic mass is 10.1. The predicted octanol–water partition coefficient (Wildman–Crippen LogP) is 3.24. The number of benzene rings is 1. The summed E-state index contributed by atoms with van der Waals surface area (Å²) < 4.78 is 14.1. The average Bonchev–Trinajstić information content (AvgIpc) is 2.16. The highest BCUT2D eigenvalue weighted by Crippen LogP contribution is 2.16. The Labute approximate surface area is 103 Å². The Morgan fingerprint density at radius 2 is 2.06 bits per heavy atom. The lowest BCUT2D eigenvalue weighted by Gasteiger charge is -2.11. The lowest BCUT2D eigenvalue weighted by Crippen LogP contribution is -2.10. The minimum absolute atomic E-state index is 0.0874. The summed E-state index contributed by atoms with van der Waals surface area (Å²) in [4.78, 5) is 13.5. The molecule has 0 N–H and O–H groups in total. The highest BCUT2D eigenvalue weighted by atomic mass is 79.9. The highest BCUT2D eigenvalue weighted by molar-refractivity contribution is 9.10. The first-order valence-corrected chi connectivity index (χ1v) is 5.56. The first-order chi connectivity index (χ1) is 7.41. The zero-order chi connectivity index (χ0) is 12.3. The molecular weight excluding hydrogens is 273 g/mol. The number of hydrogen-bond acceptors (Lipinski definition) is 2. The van der Waals surface area contributed by atoms with Crippen molar-refractivity contribution in [3.05, 3.63) is 45.8 Å². The Morgan fingerprint density at radius 3 is 2.56 bits per heavy atom. The maximum atomic E-state index is 13.5. The molecule has 4 heteroatoms. The third-order valence-corrected chi connectivity index (χ3v) is 2.74. The summed E-state index contributed by atoms with van der Waals surface area (Å²) in [6.07, 6.45) is 1.42. The summed E-state index contributed by atoms with van der Waals surface area (Å²) in [5, 5.41) is 0. The molecule has 1 aromatic carbocycles. The van der Waals surface area contributed by atoms with Crippen LogP contribution in [-0.2, 0) is 0 Å². The van der Waals surface area contributed by atoms with Gasteiger partial charge in [0.05, 0.1) is 5.56 Å². The molecule has 0 heterocycles. The van der Waals surface area contributed by atoms with E-state index in [1.165, 1.54) is 18.2 Å². The van der Waals surface area contributed by atoms with Crippen LogP contribution in [0.4, 0.5) is 4.39 Å². The van der Waals surface area contributed by atoms with Gasteiger partial charge in [0, 0.05) is 30.3 Å². The number of allylic oxidation sites excluding steroid dienone is 2. The van der Waals surface area contributed by atoms with Crippen molar-refractivity contribution in [2.45, 2.75) is 6.92 Å². The number of hydrogen-bond donors (Lipinski definition) is 0. The molecule has 0 aromatic heterocycles. The second-order valence-corrected chi connectivity index (χ2v) is 4.58. The Hall–Kier alpha value is -1.16. The van der Waals surface area contributed by atoms with Crippen LogP contribution in [-0.4, -0.2) is 24.8 Å². The van der Waals surface area contributed by atoms with Gasteiger partial charge in [0.2, 0.25) is 0 Å². The van der Waals surface area contributed by atoms with Crippen LogP contribution >= 0.6 is 15.9 Å². The number of halogens is 2. The van der Waals surface area contributed by atoms with Crippen LogP contribution < -0.4 is 0 Å². The van der Waals surface area contributed by atoms with Crippen molar-refractivity contribution < 1.29 is 9.18 Å². The van der Waals surface area contributed by atoms with E-state index < -0.39 is 5.82 Å². The van der Waals surface area contributed by atoms with Crippen molar-refractivity contribution in [1.29, 1.82) is 0 Å². The first kappa shape index (κ1) is 12.9. The standard InChI is InChI=1S/C12H13BrFNO/c1-8(15(2)3)6-12(16)10-5-4-9(13)7-11(10)14/h4-7H,1-3H3/b8-6-. The molecule has 0 unspecified atom stereocenters. The quantitative estimate of drug-likeness (QED) is 0.628. The van der Waals surface area contributed by atoms with Crippen LogP contribution in [0.2, 0.25) is 0 Å². The third kappa shape index (κ3) is 3.17. The van der Waals surface area contributed by atoms with Crippen LogP contribution in [0.1, 0.15) is 17.3 Å². The van der Waals surface area contributed by atoms with Crippen LogP contribution in [0.25, 0.3) is 0 Å². The van der Waals surface area contributed by atoms with E-state index in [-0.39, 0.29) is 11.3 Å². The van der Waals surface area contributed by atoms with Gasteiger partial charge in [-0.15, -0.1) is 0 Å². The SMILES string of the molecule is C/C(=C/C(=O)c1ccc(Br)cc1F)N(C)C. The van der Waals surface area contributed by atoms with E-state index in [1.807, 2.05) is 14.1 Å². The average molecular weight is 286 g/mol. The largest absolute Gasteiger partial charge is 0.381 e. The zero-order valence-corrected chi connectivity index (χ0v) is 11.0. The normalized spacial score (nSPS) is 11.4. The zero-order valence-electron chi connectivity index (χ0n) is 9.42. The van der Waals surface area contributed by atoms with Gasteiger partial charge in [-0.05, 0) is 25.1 Å². The maximum absolute atomic E-state index is 13.5. The number of nitrogens with zero attached hydrogens (tertiary/aromatic N) is 1. The Bertz CT molecular complexity index is 441. The molecule has 0 amide bonds. The van der Waals surface area contributed by atoms with Crippen LogP contribution in [0.5, 0.6) is 0 Å².